The van der Waals surface area contributed by atoms with Gasteiger partial charge in [0.05, 0.1) is 5.75 Å². The smallest absolute Gasteiger partial charge is 0.265 e. The Balaban J connectivity index is 2.63. The molecule has 1 saturated heterocycles. The van der Waals surface area contributed by atoms with Gasteiger partial charge in [-0.3, -0.25) is 4.79 Å². The summed E-state index contributed by atoms with van der Waals surface area (Å²) >= 11 is 0. The maximum absolute atomic E-state index is 12.1. The lowest BCUT2D eigenvalue weighted by molar-refractivity contribution is -0.125. The van der Waals surface area contributed by atoms with Crippen LogP contribution in [0.3, 0.4) is 0 Å². The molecule has 0 saturated carbocycles. The van der Waals surface area contributed by atoms with Gasteiger partial charge in [0.15, 0.2) is 0 Å². The molecule has 118 valence electrons. The Morgan fingerprint density at radius 3 is 2.70 bits per heavy atom. The Kier molecular flexibility index (Phi) is 6.28. The van der Waals surface area contributed by atoms with Crippen LogP contribution in [0.2, 0.25) is 0 Å². The topological polar surface area (TPSA) is 86.7 Å². The third-order valence-corrected chi connectivity index (χ3v) is 5.18. The summed E-state index contributed by atoms with van der Waals surface area (Å²) in [6, 6.07) is -0.864. The Morgan fingerprint density at radius 2 is 2.15 bits per heavy atom. The fourth-order valence-electron chi connectivity index (χ4n) is 2.12. The molecule has 6 nitrogen and oxygen atoms in total. The third-order valence-electron chi connectivity index (χ3n) is 3.10. The lowest BCUT2D eigenvalue weighted by atomic mass is 10.2. The van der Waals surface area contributed by atoms with E-state index in [1.54, 1.807) is 6.92 Å². The molecule has 0 bridgehead atoms. The molecule has 1 rings (SSSR count). The predicted molar refractivity (Wildman–Crippen MR) is 68.8 cm³/mol. The van der Waals surface area contributed by atoms with Crippen LogP contribution in [0.4, 0.5) is 8.78 Å². The number of nitrogens with one attached hydrogen (secondary N) is 1. The van der Waals surface area contributed by atoms with Crippen LogP contribution in [-0.2, 0) is 14.8 Å². The fourth-order valence-corrected chi connectivity index (χ4v) is 3.87. The number of hydrogen-bond donors (Lipinski definition) is 2. The van der Waals surface area contributed by atoms with E-state index >= 15 is 0 Å². The minimum atomic E-state index is -3.50. The van der Waals surface area contributed by atoms with Crippen molar-refractivity contribution in [2.45, 2.75) is 44.8 Å². The molecular weight excluding hydrogens is 294 g/mol. The van der Waals surface area contributed by atoms with Crippen molar-refractivity contribution in [2.24, 2.45) is 0 Å². The van der Waals surface area contributed by atoms with Crippen molar-refractivity contribution in [3.8, 4) is 0 Å². The maximum Gasteiger partial charge on any atom is 0.265 e. The lowest BCUT2D eigenvalue weighted by Gasteiger charge is -2.23. The Labute approximate surface area is 117 Å². The number of sulfonamides is 1. The first kappa shape index (κ1) is 17.3. The molecule has 1 aliphatic heterocycles. The molecule has 2 N–H and O–H groups in total. The molecule has 0 aromatic carbocycles. The van der Waals surface area contributed by atoms with Gasteiger partial charge in [0.1, 0.15) is 12.1 Å². The summed E-state index contributed by atoms with van der Waals surface area (Å²) in [4.78, 5) is 11.9. The number of aliphatic hydroxyl groups excluding tert-OH is 1. The molecule has 0 aromatic heterocycles. The molecule has 1 amide bonds. The van der Waals surface area contributed by atoms with Crippen molar-refractivity contribution in [1.29, 1.82) is 0 Å². The second-order valence-electron chi connectivity index (χ2n) is 4.73. The van der Waals surface area contributed by atoms with E-state index in [1.165, 1.54) is 0 Å². The van der Waals surface area contributed by atoms with Gasteiger partial charge >= 0.3 is 0 Å². The number of carbonyl (C=O) groups excluding carboxylic acids is 1. The van der Waals surface area contributed by atoms with E-state index < -0.39 is 41.0 Å². The van der Waals surface area contributed by atoms with Crippen molar-refractivity contribution in [2.75, 3.05) is 18.8 Å². The van der Waals surface area contributed by atoms with Gasteiger partial charge in [-0.2, -0.15) is 4.31 Å². The highest BCUT2D eigenvalue weighted by Gasteiger charge is 2.38. The molecule has 1 fully saturated rings. The number of amides is 1. The van der Waals surface area contributed by atoms with Gasteiger partial charge in [0.2, 0.25) is 15.9 Å². The van der Waals surface area contributed by atoms with Gasteiger partial charge in [-0.25, -0.2) is 17.2 Å². The zero-order valence-electron chi connectivity index (χ0n) is 11.3. The number of aliphatic hydroxyl groups is 1. The number of nitrogens with zero attached hydrogens (tertiary/aromatic N) is 1. The molecule has 20 heavy (non-hydrogen) atoms. The van der Waals surface area contributed by atoms with Crippen molar-refractivity contribution < 1.29 is 27.1 Å². The van der Waals surface area contributed by atoms with Gasteiger partial charge in [-0.05, 0) is 19.3 Å². The Morgan fingerprint density at radius 1 is 1.50 bits per heavy atom. The molecule has 0 aromatic rings. The van der Waals surface area contributed by atoms with Gasteiger partial charge in [0, 0.05) is 13.1 Å². The summed E-state index contributed by atoms with van der Waals surface area (Å²) in [5.41, 5.74) is 0. The first-order valence-electron chi connectivity index (χ1n) is 6.53. The van der Waals surface area contributed by atoms with E-state index in [1.807, 2.05) is 0 Å². The summed E-state index contributed by atoms with van der Waals surface area (Å²) in [7, 11) is -3.50. The summed E-state index contributed by atoms with van der Waals surface area (Å²) in [5, 5.41) is 11.1. The highest BCUT2D eigenvalue weighted by molar-refractivity contribution is 7.89. The standard InChI is InChI=1S/C11H20F2N2O4S/c1-2-6-20(18,19)15-5-3-4-8(15)11(17)14-7-9(16)10(12)13/h8-10,16H,2-7H2,1H3,(H,14,17). The lowest BCUT2D eigenvalue weighted by Crippen LogP contribution is -2.48. The third kappa shape index (κ3) is 4.35. The number of hydrogen-bond acceptors (Lipinski definition) is 4. The Hall–Kier alpha value is -0.800. The molecule has 0 aliphatic carbocycles. The number of rotatable bonds is 7. The van der Waals surface area contributed by atoms with Gasteiger partial charge in [-0.1, -0.05) is 6.92 Å². The molecule has 0 spiro atoms. The van der Waals surface area contributed by atoms with Gasteiger partial charge < -0.3 is 10.4 Å². The van der Waals surface area contributed by atoms with Crippen molar-refractivity contribution in [1.82, 2.24) is 9.62 Å². The summed E-state index contributed by atoms with van der Waals surface area (Å²) in [5.74, 6) is -0.682. The van der Waals surface area contributed by atoms with Gasteiger partial charge in [0.25, 0.3) is 6.43 Å². The van der Waals surface area contributed by atoms with Crippen LogP contribution in [-0.4, -0.2) is 61.2 Å². The SMILES string of the molecule is CCCS(=O)(=O)N1CCCC1C(=O)NCC(O)C(F)F. The van der Waals surface area contributed by atoms with E-state index in [9.17, 15) is 22.0 Å². The maximum atomic E-state index is 12.1. The van der Waals surface area contributed by atoms with E-state index in [0.29, 0.717) is 19.3 Å². The zero-order chi connectivity index (χ0) is 15.3. The largest absolute Gasteiger partial charge is 0.385 e. The highest BCUT2D eigenvalue weighted by atomic mass is 32.2. The Bertz CT molecular complexity index is 430. The minimum absolute atomic E-state index is 0.0452. The van der Waals surface area contributed by atoms with E-state index in [-0.39, 0.29) is 12.3 Å². The van der Waals surface area contributed by atoms with Crippen molar-refractivity contribution in [3.63, 3.8) is 0 Å². The first-order chi connectivity index (χ1) is 9.29. The van der Waals surface area contributed by atoms with E-state index in [0.717, 1.165) is 4.31 Å². The predicted octanol–water partition coefficient (Wildman–Crippen LogP) is -0.0672. The number of halogens is 2. The van der Waals surface area contributed by atoms with Crippen LogP contribution in [0.25, 0.3) is 0 Å². The van der Waals surface area contributed by atoms with Crippen LogP contribution < -0.4 is 5.32 Å². The van der Waals surface area contributed by atoms with Gasteiger partial charge in [-0.15, -0.1) is 0 Å². The second kappa shape index (κ2) is 7.28. The molecule has 1 heterocycles. The van der Waals surface area contributed by atoms with Crippen LogP contribution in [0, 0.1) is 0 Å². The molecule has 0 radical (unpaired) electrons. The van der Waals surface area contributed by atoms with E-state index in [2.05, 4.69) is 5.32 Å². The molecule has 2 unspecified atom stereocenters. The summed E-state index contributed by atoms with van der Waals surface area (Å²) in [6.07, 6.45) is -3.53. The summed E-state index contributed by atoms with van der Waals surface area (Å²) in [6.45, 7) is 1.40. The quantitative estimate of drug-likeness (QED) is 0.689. The second-order valence-corrected chi connectivity index (χ2v) is 6.77. The monoisotopic (exact) mass is 314 g/mol. The van der Waals surface area contributed by atoms with Crippen LogP contribution in [0.5, 0.6) is 0 Å². The van der Waals surface area contributed by atoms with Crippen LogP contribution in [0.1, 0.15) is 26.2 Å². The molecule has 9 heteroatoms. The minimum Gasteiger partial charge on any atom is -0.385 e. The normalized spacial score (nSPS) is 22.1. The molecule has 2 atom stereocenters. The zero-order valence-corrected chi connectivity index (χ0v) is 12.1. The molecular formula is C11H20F2N2O4S. The van der Waals surface area contributed by atoms with Crippen LogP contribution in [0.15, 0.2) is 0 Å². The van der Waals surface area contributed by atoms with Crippen LogP contribution >= 0.6 is 0 Å². The molecule has 1 aliphatic rings. The average Bonchev–Trinajstić information content (AvgIpc) is 2.85. The fraction of sp³-hybridized carbons (Fsp3) is 0.909. The summed E-state index contributed by atoms with van der Waals surface area (Å²) < 4.78 is 49.3. The van der Waals surface area contributed by atoms with Crippen molar-refractivity contribution in [3.05, 3.63) is 0 Å². The highest BCUT2D eigenvalue weighted by Crippen LogP contribution is 2.22. The van der Waals surface area contributed by atoms with E-state index in [4.69, 9.17) is 5.11 Å². The first-order valence-corrected chi connectivity index (χ1v) is 8.14. The number of alkyl halides is 2. The number of carbonyl (C=O) groups is 1. The van der Waals surface area contributed by atoms with Crippen molar-refractivity contribution >= 4 is 15.9 Å². The average molecular weight is 314 g/mol.